The number of benzene rings is 2. The third-order valence-electron chi connectivity index (χ3n) is 6.40. The molecule has 2 aliphatic heterocycles. The molecular weight excluding hydrogens is 465 g/mol. The van der Waals surface area contributed by atoms with Crippen LogP contribution >= 0.6 is 0 Å². The lowest BCUT2D eigenvalue weighted by atomic mass is 10.0. The van der Waals surface area contributed by atoms with Gasteiger partial charge in [0.05, 0.1) is 36.4 Å². The van der Waals surface area contributed by atoms with Crippen LogP contribution in [0.15, 0.2) is 53.4 Å². The fraction of sp³-hybridized carbons (Fsp3) is 0.478. The highest BCUT2D eigenvalue weighted by atomic mass is 32.2. The molecule has 2 aromatic rings. The SMILES string of the molecule is COc1ccccc1N1CCN([C@@H]2[C@H](O)[C@H](CO)O[C@@H]2CNS(=O)(=O)c2ccc(F)cc2)CC1. The van der Waals surface area contributed by atoms with Crippen molar-refractivity contribution < 1.29 is 32.5 Å². The summed E-state index contributed by atoms with van der Waals surface area (Å²) in [5.74, 6) is 0.257. The average molecular weight is 496 g/mol. The summed E-state index contributed by atoms with van der Waals surface area (Å²) >= 11 is 0. The lowest BCUT2D eigenvalue weighted by Gasteiger charge is -2.41. The Hall–Kier alpha value is -2.28. The predicted molar refractivity (Wildman–Crippen MR) is 124 cm³/mol. The molecule has 0 unspecified atom stereocenters. The maximum absolute atomic E-state index is 13.2. The minimum atomic E-state index is -3.89. The zero-order valence-corrected chi connectivity index (χ0v) is 19.7. The van der Waals surface area contributed by atoms with Crippen molar-refractivity contribution in [2.75, 3.05) is 51.3 Å². The second-order valence-electron chi connectivity index (χ2n) is 8.38. The third-order valence-corrected chi connectivity index (χ3v) is 7.84. The van der Waals surface area contributed by atoms with Gasteiger partial charge in [0, 0.05) is 32.7 Å². The molecule has 0 spiro atoms. The second-order valence-corrected chi connectivity index (χ2v) is 10.1. The van der Waals surface area contributed by atoms with Crippen molar-refractivity contribution in [2.24, 2.45) is 0 Å². The molecule has 4 atom stereocenters. The van der Waals surface area contributed by atoms with Crippen molar-refractivity contribution in [1.82, 2.24) is 9.62 Å². The number of rotatable bonds is 8. The van der Waals surface area contributed by atoms with Gasteiger partial charge in [-0.1, -0.05) is 12.1 Å². The van der Waals surface area contributed by atoms with Crippen molar-refractivity contribution in [1.29, 1.82) is 0 Å². The standard InChI is InChI=1S/C23H30FN3O6S/c1-32-19-5-3-2-4-18(19)26-10-12-27(13-11-26)22-20(33-21(15-28)23(22)29)14-25-34(30,31)17-8-6-16(24)7-9-17/h2-9,20-23,25,28-29H,10-15H2,1H3/t20-,21+,22+,23-/m1/s1. The smallest absolute Gasteiger partial charge is 0.240 e. The Bertz CT molecular complexity index is 1060. The topological polar surface area (TPSA) is 112 Å². The van der Waals surface area contributed by atoms with Gasteiger partial charge in [0.1, 0.15) is 23.8 Å². The molecule has 0 amide bonds. The number of aliphatic hydroxyl groups excluding tert-OH is 2. The maximum atomic E-state index is 13.2. The number of halogens is 1. The van der Waals surface area contributed by atoms with Gasteiger partial charge in [-0.3, -0.25) is 4.90 Å². The quantitative estimate of drug-likeness (QED) is 0.484. The summed E-state index contributed by atoms with van der Waals surface area (Å²) in [5.41, 5.74) is 0.990. The lowest BCUT2D eigenvalue weighted by molar-refractivity contribution is -0.0201. The van der Waals surface area contributed by atoms with E-state index in [-0.39, 0.29) is 18.0 Å². The monoisotopic (exact) mass is 495 g/mol. The summed E-state index contributed by atoms with van der Waals surface area (Å²) in [7, 11) is -2.26. The van der Waals surface area contributed by atoms with E-state index in [0.29, 0.717) is 26.2 Å². The van der Waals surface area contributed by atoms with Gasteiger partial charge >= 0.3 is 0 Å². The van der Waals surface area contributed by atoms with E-state index in [4.69, 9.17) is 9.47 Å². The van der Waals surface area contributed by atoms with E-state index < -0.39 is 40.2 Å². The number of nitrogens with zero attached hydrogens (tertiary/aromatic N) is 2. The molecule has 9 nitrogen and oxygen atoms in total. The van der Waals surface area contributed by atoms with Crippen LogP contribution < -0.4 is 14.4 Å². The van der Waals surface area contributed by atoms with Crippen molar-refractivity contribution in [3.63, 3.8) is 0 Å². The van der Waals surface area contributed by atoms with E-state index in [0.717, 1.165) is 23.6 Å². The molecule has 0 aromatic heterocycles. The van der Waals surface area contributed by atoms with Gasteiger partial charge in [-0.25, -0.2) is 17.5 Å². The van der Waals surface area contributed by atoms with E-state index in [1.807, 2.05) is 24.3 Å². The molecule has 2 aliphatic rings. The Morgan fingerprint density at radius 2 is 1.76 bits per heavy atom. The maximum Gasteiger partial charge on any atom is 0.240 e. The van der Waals surface area contributed by atoms with Gasteiger partial charge in [-0.2, -0.15) is 0 Å². The number of methoxy groups -OCH3 is 1. The van der Waals surface area contributed by atoms with Crippen LogP contribution in [0.1, 0.15) is 0 Å². The summed E-state index contributed by atoms with van der Waals surface area (Å²) in [6, 6.07) is 11.8. The minimum Gasteiger partial charge on any atom is -0.495 e. The van der Waals surface area contributed by atoms with Gasteiger partial charge in [0.2, 0.25) is 10.0 Å². The fourth-order valence-electron chi connectivity index (χ4n) is 4.64. The van der Waals surface area contributed by atoms with Crippen LogP contribution in [0.5, 0.6) is 5.75 Å². The van der Waals surface area contributed by atoms with E-state index in [9.17, 15) is 23.0 Å². The van der Waals surface area contributed by atoms with Gasteiger partial charge in [0.15, 0.2) is 0 Å². The summed E-state index contributed by atoms with van der Waals surface area (Å²) in [6.45, 7) is 2.12. The number of aliphatic hydroxyl groups is 2. The Labute approximate surface area is 198 Å². The average Bonchev–Trinajstić information content (AvgIpc) is 3.18. The number of piperazine rings is 1. The summed E-state index contributed by atoms with van der Waals surface area (Å²) in [4.78, 5) is 4.21. The molecule has 4 rings (SSSR count). The van der Waals surface area contributed by atoms with Crippen LogP contribution in [-0.2, 0) is 14.8 Å². The zero-order chi connectivity index (χ0) is 24.3. The van der Waals surface area contributed by atoms with Crippen LogP contribution in [0.3, 0.4) is 0 Å². The van der Waals surface area contributed by atoms with Crippen molar-refractivity contribution in [3.05, 3.63) is 54.3 Å². The fourth-order valence-corrected chi connectivity index (χ4v) is 5.68. The number of para-hydroxylation sites is 2. The normalized spacial score (nSPS) is 26.1. The van der Waals surface area contributed by atoms with Crippen LogP contribution in [0.2, 0.25) is 0 Å². The van der Waals surface area contributed by atoms with Gasteiger partial charge in [0.25, 0.3) is 0 Å². The molecule has 3 N–H and O–H groups in total. The number of hydrogen-bond donors (Lipinski definition) is 3. The Morgan fingerprint density at radius 3 is 2.41 bits per heavy atom. The number of ether oxygens (including phenoxy) is 2. The zero-order valence-electron chi connectivity index (χ0n) is 18.9. The Kier molecular flexibility index (Phi) is 7.70. The highest BCUT2D eigenvalue weighted by Crippen LogP contribution is 2.31. The molecule has 0 aliphatic carbocycles. The van der Waals surface area contributed by atoms with Gasteiger partial charge < -0.3 is 24.6 Å². The molecule has 34 heavy (non-hydrogen) atoms. The largest absolute Gasteiger partial charge is 0.495 e. The number of sulfonamides is 1. The van der Waals surface area contributed by atoms with Crippen LogP contribution in [0.4, 0.5) is 10.1 Å². The first-order chi connectivity index (χ1) is 16.3. The molecule has 0 bridgehead atoms. The molecule has 186 valence electrons. The molecular formula is C23H30FN3O6S. The molecule has 11 heteroatoms. The summed E-state index contributed by atoms with van der Waals surface area (Å²) in [6.07, 6.45) is -2.44. The van der Waals surface area contributed by atoms with Crippen molar-refractivity contribution in [2.45, 2.75) is 29.2 Å². The molecule has 2 saturated heterocycles. The summed E-state index contributed by atoms with van der Waals surface area (Å²) in [5, 5.41) is 20.5. The first kappa shape index (κ1) is 24.8. The van der Waals surface area contributed by atoms with Crippen molar-refractivity contribution >= 4 is 15.7 Å². The molecule has 0 radical (unpaired) electrons. The number of anilines is 1. The first-order valence-corrected chi connectivity index (χ1v) is 12.6. The Morgan fingerprint density at radius 1 is 1.09 bits per heavy atom. The van der Waals surface area contributed by atoms with E-state index in [1.165, 1.54) is 12.1 Å². The van der Waals surface area contributed by atoms with Crippen LogP contribution in [0, 0.1) is 5.82 Å². The summed E-state index contributed by atoms with van der Waals surface area (Å²) < 4.78 is 52.2. The number of hydrogen-bond acceptors (Lipinski definition) is 8. The first-order valence-electron chi connectivity index (χ1n) is 11.2. The van der Waals surface area contributed by atoms with Crippen LogP contribution in [-0.4, -0.2) is 94.3 Å². The molecule has 2 aromatic carbocycles. The van der Waals surface area contributed by atoms with E-state index in [1.54, 1.807) is 7.11 Å². The van der Waals surface area contributed by atoms with Crippen molar-refractivity contribution in [3.8, 4) is 5.75 Å². The third kappa shape index (κ3) is 5.19. The molecule has 2 heterocycles. The van der Waals surface area contributed by atoms with E-state index >= 15 is 0 Å². The van der Waals surface area contributed by atoms with Gasteiger partial charge in [-0.05, 0) is 36.4 Å². The predicted octanol–water partition coefficient (Wildman–Crippen LogP) is 0.424. The van der Waals surface area contributed by atoms with Crippen LogP contribution in [0.25, 0.3) is 0 Å². The minimum absolute atomic E-state index is 0.0619. The van der Waals surface area contributed by atoms with Gasteiger partial charge in [-0.15, -0.1) is 0 Å². The number of nitrogens with one attached hydrogen (secondary N) is 1. The second kappa shape index (κ2) is 10.5. The highest BCUT2D eigenvalue weighted by Gasteiger charge is 2.47. The highest BCUT2D eigenvalue weighted by molar-refractivity contribution is 7.89. The van der Waals surface area contributed by atoms with E-state index in [2.05, 4.69) is 14.5 Å². The Balaban J connectivity index is 1.44. The lowest BCUT2D eigenvalue weighted by Crippen LogP contribution is -2.57. The molecule has 0 saturated carbocycles. The molecule has 2 fully saturated rings.